The standard InChI is InChI=1S/C49H60N3/c1-11-14-17-34-22-25-35(26-23-34)37-27-28-39-43-44(37)51(10)41-30-32(4)31-52(46(41)43)48(8,12-2)49(39,13-3)33(5)21-24-36-18-15-19-38-42(36)45-40(47(38,6)7)20-16-29-50(45)9/h15-16,18-20,22-23,25-31,33,46H,11-14,17,21,24H2,1-10H3/q+1. The highest BCUT2D eigenvalue weighted by atomic mass is 15.3. The molecule has 4 heterocycles. The molecule has 4 aromatic rings. The number of hydrogen-bond acceptors (Lipinski definition) is 2. The quantitative estimate of drug-likeness (QED) is 0.153. The van der Waals surface area contributed by atoms with Gasteiger partial charge in [0.25, 0.3) is 0 Å². The number of anilines is 1. The fraction of sp³-hybridized carbons (Fsp3) is 0.449. The maximum absolute atomic E-state index is 2.82. The smallest absolute Gasteiger partial charge is 0.216 e. The lowest BCUT2D eigenvalue weighted by Gasteiger charge is -2.63. The lowest BCUT2D eigenvalue weighted by Crippen LogP contribution is -2.65. The Hall–Kier alpha value is -4.11. The van der Waals surface area contributed by atoms with Crippen LogP contribution in [-0.2, 0) is 30.7 Å². The van der Waals surface area contributed by atoms with Crippen molar-refractivity contribution in [1.29, 1.82) is 0 Å². The molecule has 8 rings (SSSR count). The summed E-state index contributed by atoms with van der Waals surface area (Å²) in [6, 6.07) is 26.4. The van der Waals surface area contributed by atoms with E-state index in [0.717, 1.165) is 32.1 Å². The highest BCUT2D eigenvalue weighted by Gasteiger charge is 2.62. The van der Waals surface area contributed by atoms with E-state index in [4.69, 9.17) is 0 Å². The number of likely N-dealkylation sites (N-methyl/N-ethyl adjacent to an activating group) is 1. The predicted octanol–water partition coefficient (Wildman–Crippen LogP) is 11.5. The van der Waals surface area contributed by atoms with E-state index in [9.17, 15) is 0 Å². The summed E-state index contributed by atoms with van der Waals surface area (Å²) in [4.78, 5) is 5.37. The summed E-state index contributed by atoms with van der Waals surface area (Å²) in [6.45, 7) is 19.5. The van der Waals surface area contributed by atoms with E-state index in [1.807, 2.05) is 0 Å². The zero-order valence-electron chi connectivity index (χ0n) is 33.5. The molecule has 1 aliphatic carbocycles. The van der Waals surface area contributed by atoms with Crippen LogP contribution in [0.3, 0.4) is 0 Å². The van der Waals surface area contributed by atoms with E-state index in [1.54, 1.807) is 11.1 Å². The van der Waals surface area contributed by atoms with Crippen LogP contribution >= 0.6 is 0 Å². The predicted molar refractivity (Wildman–Crippen MR) is 219 cm³/mol. The Kier molecular flexibility index (Phi) is 8.40. The molecule has 270 valence electrons. The molecule has 3 aliphatic heterocycles. The zero-order chi connectivity index (χ0) is 36.7. The first-order valence-electron chi connectivity index (χ1n) is 20.2. The Morgan fingerprint density at radius 2 is 1.60 bits per heavy atom. The van der Waals surface area contributed by atoms with Gasteiger partial charge in [-0.05, 0) is 104 Å². The summed E-state index contributed by atoms with van der Waals surface area (Å²) in [5.74, 6) is 0.458. The van der Waals surface area contributed by atoms with Gasteiger partial charge in [-0.15, -0.1) is 0 Å². The van der Waals surface area contributed by atoms with Crippen molar-refractivity contribution in [3.63, 3.8) is 0 Å². The van der Waals surface area contributed by atoms with Gasteiger partial charge >= 0.3 is 0 Å². The normalized spacial score (nSPS) is 23.9. The van der Waals surface area contributed by atoms with E-state index in [1.165, 1.54) is 74.4 Å². The number of aromatic nitrogens is 1. The fourth-order valence-corrected chi connectivity index (χ4v) is 11.5. The molecule has 1 aromatic heterocycles. The van der Waals surface area contributed by atoms with Crippen LogP contribution in [0, 0.1) is 5.92 Å². The molecule has 4 unspecified atom stereocenters. The molecule has 0 radical (unpaired) electrons. The van der Waals surface area contributed by atoms with Crippen LogP contribution in [-0.4, -0.2) is 17.5 Å². The van der Waals surface area contributed by atoms with Gasteiger partial charge in [0.15, 0.2) is 6.20 Å². The summed E-state index contributed by atoms with van der Waals surface area (Å²) < 4.78 is 2.36. The third-order valence-corrected chi connectivity index (χ3v) is 14.4. The molecular formula is C49H60N3+. The van der Waals surface area contributed by atoms with Crippen molar-refractivity contribution in [3.05, 3.63) is 130 Å². The second kappa shape index (κ2) is 12.5. The van der Waals surface area contributed by atoms with Crippen molar-refractivity contribution in [2.45, 2.75) is 123 Å². The summed E-state index contributed by atoms with van der Waals surface area (Å²) in [7, 11) is 4.55. The number of pyridine rings is 1. The Balaban J connectivity index is 1.26. The van der Waals surface area contributed by atoms with Gasteiger partial charge < -0.3 is 9.80 Å². The Labute approximate surface area is 314 Å². The summed E-state index contributed by atoms with van der Waals surface area (Å²) >= 11 is 0. The van der Waals surface area contributed by atoms with Crippen molar-refractivity contribution >= 4 is 5.69 Å². The molecule has 0 saturated carbocycles. The maximum atomic E-state index is 2.82. The molecule has 0 spiro atoms. The van der Waals surface area contributed by atoms with Gasteiger partial charge in [0, 0.05) is 58.1 Å². The molecule has 0 saturated heterocycles. The molecule has 4 atom stereocenters. The molecule has 0 N–H and O–H groups in total. The van der Waals surface area contributed by atoms with Crippen LogP contribution in [0.15, 0.2) is 96.5 Å². The van der Waals surface area contributed by atoms with Gasteiger partial charge in [-0.2, -0.15) is 0 Å². The highest BCUT2D eigenvalue weighted by molar-refractivity contribution is 5.88. The minimum atomic E-state index is -0.0514. The van der Waals surface area contributed by atoms with Crippen LogP contribution < -0.4 is 9.47 Å². The van der Waals surface area contributed by atoms with Crippen molar-refractivity contribution in [2.24, 2.45) is 13.0 Å². The van der Waals surface area contributed by atoms with Gasteiger partial charge in [-0.3, -0.25) is 0 Å². The first-order valence-corrected chi connectivity index (χ1v) is 20.2. The Morgan fingerprint density at radius 3 is 2.31 bits per heavy atom. The SMILES string of the molecule is CCCCc1ccc(-c2ccc3c4c2N(C)C2=CC(C)=CN(C24)C(C)(CC)C3(CC)C(C)CCc2cccc3c2-c2c(ccc[n+]2C)C3(C)C)cc1. The fourth-order valence-electron chi connectivity index (χ4n) is 11.5. The van der Waals surface area contributed by atoms with E-state index >= 15 is 0 Å². The van der Waals surface area contributed by atoms with Gasteiger partial charge in [0.2, 0.25) is 5.69 Å². The van der Waals surface area contributed by atoms with E-state index in [2.05, 4.69) is 169 Å². The number of hydrogen-bond donors (Lipinski definition) is 0. The number of aryl methyl sites for hydroxylation is 3. The molecule has 0 amide bonds. The largest absolute Gasteiger partial charge is 0.358 e. The van der Waals surface area contributed by atoms with Crippen molar-refractivity contribution in [1.82, 2.24) is 4.90 Å². The number of fused-ring (bicyclic) bond motifs is 3. The van der Waals surface area contributed by atoms with Crippen LogP contribution in [0.4, 0.5) is 5.69 Å². The lowest BCUT2D eigenvalue weighted by molar-refractivity contribution is -0.660. The number of unbranched alkanes of at least 4 members (excludes halogenated alkanes) is 1. The van der Waals surface area contributed by atoms with Crippen LogP contribution in [0.2, 0.25) is 0 Å². The summed E-state index contributed by atoms with van der Waals surface area (Å²) in [6.07, 6.45) is 15.2. The Morgan fingerprint density at radius 1 is 0.846 bits per heavy atom. The average Bonchev–Trinajstić information content (AvgIpc) is 3.57. The summed E-state index contributed by atoms with van der Waals surface area (Å²) in [5.41, 5.74) is 18.7. The van der Waals surface area contributed by atoms with Crippen molar-refractivity contribution in [3.8, 4) is 22.4 Å². The molecule has 0 bridgehead atoms. The van der Waals surface area contributed by atoms with E-state index in [-0.39, 0.29) is 22.4 Å². The zero-order valence-corrected chi connectivity index (χ0v) is 33.5. The molecular weight excluding hydrogens is 631 g/mol. The average molecular weight is 691 g/mol. The molecule has 3 heteroatoms. The number of benzene rings is 3. The Bertz CT molecular complexity index is 2120. The minimum Gasteiger partial charge on any atom is -0.358 e. The minimum absolute atomic E-state index is 0.00293. The number of allylic oxidation sites excluding steroid dienone is 2. The van der Waals surface area contributed by atoms with Crippen LogP contribution in [0.25, 0.3) is 22.4 Å². The van der Waals surface area contributed by atoms with Crippen molar-refractivity contribution in [2.75, 3.05) is 11.9 Å². The molecule has 3 aromatic carbocycles. The van der Waals surface area contributed by atoms with E-state index in [0.29, 0.717) is 5.92 Å². The topological polar surface area (TPSA) is 10.4 Å². The molecule has 4 aliphatic rings. The van der Waals surface area contributed by atoms with Crippen LogP contribution in [0.5, 0.6) is 0 Å². The maximum Gasteiger partial charge on any atom is 0.216 e. The highest BCUT2D eigenvalue weighted by Crippen LogP contribution is 2.65. The van der Waals surface area contributed by atoms with Gasteiger partial charge in [-0.25, -0.2) is 4.57 Å². The second-order valence-corrected chi connectivity index (χ2v) is 17.3. The number of nitrogens with zero attached hydrogens (tertiary/aromatic N) is 3. The monoisotopic (exact) mass is 690 g/mol. The van der Waals surface area contributed by atoms with Crippen LogP contribution in [0.1, 0.15) is 127 Å². The number of rotatable bonds is 10. The summed E-state index contributed by atoms with van der Waals surface area (Å²) in [5, 5.41) is 0. The molecule has 3 nitrogen and oxygen atoms in total. The first-order chi connectivity index (χ1) is 24.9. The first kappa shape index (κ1) is 34.9. The second-order valence-electron chi connectivity index (χ2n) is 17.3. The lowest BCUT2D eigenvalue weighted by atomic mass is 9.52. The van der Waals surface area contributed by atoms with Crippen molar-refractivity contribution < 1.29 is 4.57 Å². The van der Waals surface area contributed by atoms with E-state index < -0.39 is 0 Å². The van der Waals surface area contributed by atoms with Gasteiger partial charge in [0.1, 0.15) is 7.05 Å². The third kappa shape index (κ3) is 4.66. The van der Waals surface area contributed by atoms with Gasteiger partial charge in [0.05, 0.1) is 17.3 Å². The molecule has 0 fully saturated rings. The van der Waals surface area contributed by atoms with Gasteiger partial charge in [-0.1, -0.05) is 103 Å². The third-order valence-electron chi connectivity index (χ3n) is 14.4. The molecule has 52 heavy (non-hydrogen) atoms.